The number of hydrogen-bond donors (Lipinski definition) is 0. The lowest BCUT2D eigenvalue weighted by molar-refractivity contribution is 0.643. The molecule has 4 aliphatic rings. The summed E-state index contributed by atoms with van der Waals surface area (Å²) < 4.78 is 0. The minimum Gasteiger partial charge on any atom is -0.248 e. The van der Waals surface area contributed by atoms with Gasteiger partial charge < -0.3 is 0 Å². The van der Waals surface area contributed by atoms with Crippen LogP contribution in [0.1, 0.15) is 63.1 Å². The normalized spacial score (nSPS) is 22.4. The Morgan fingerprint density at radius 3 is 2.39 bits per heavy atom. The lowest BCUT2D eigenvalue weighted by atomic mass is 9.71. The SMILES string of the molecule is C=CCC/C(C(=C)C1C=CC=CC1/C(=C1/C=CC=CC1)c1ccc(-c2cccc(C3=CCCC=C3)n2)cc1)=C1/C=CC=C(CC)C1. The van der Waals surface area contributed by atoms with Gasteiger partial charge in [-0.1, -0.05) is 141 Å². The molecule has 1 heterocycles. The average molecular weight is 600 g/mol. The third kappa shape index (κ3) is 7.05. The van der Waals surface area contributed by atoms with E-state index in [0.29, 0.717) is 0 Å². The number of aromatic nitrogens is 1. The van der Waals surface area contributed by atoms with Gasteiger partial charge in [0.25, 0.3) is 0 Å². The highest BCUT2D eigenvalue weighted by Gasteiger charge is 2.30. The van der Waals surface area contributed by atoms with Gasteiger partial charge in [0.2, 0.25) is 0 Å². The topological polar surface area (TPSA) is 12.9 Å². The van der Waals surface area contributed by atoms with Crippen molar-refractivity contribution in [3.05, 3.63) is 186 Å². The van der Waals surface area contributed by atoms with Crippen LogP contribution >= 0.6 is 0 Å². The van der Waals surface area contributed by atoms with Crippen LogP contribution < -0.4 is 0 Å². The molecule has 1 nitrogen and oxygen atoms in total. The van der Waals surface area contributed by atoms with Crippen molar-refractivity contribution in [2.75, 3.05) is 0 Å². The first-order valence-electron chi connectivity index (χ1n) is 16.9. The number of hydrogen-bond acceptors (Lipinski definition) is 1. The Morgan fingerprint density at radius 2 is 1.65 bits per heavy atom. The molecule has 46 heavy (non-hydrogen) atoms. The molecule has 1 heteroatoms. The van der Waals surface area contributed by atoms with Gasteiger partial charge in [-0.05, 0) is 96.1 Å². The maximum Gasteiger partial charge on any atom is 0.0709 e. The predicted molar refractivity (Wildman–Crippen MR) is 199 cm³/mol. The summed E-state index contributed by atoms with van der Waals surface area (Å²) in [5.74, 6) is 0.340. The summed E-state index contributed by atoms with van der Waals surface area (Å²) >= 11 is 0. The van der Waals surface area contributed by atoms with Gasteiger partial charge in [0.1, 0.15) is 0 Å². The molecule has 0 fully saturated rings. The van der Waals surface area contributed by atoms with Crippen molar-refractivity contribution in [2.45, 2.75) is 51.9 Å². The van der Waals surface area contributed by atoms with E-state index >= 15 is 0 Å². The Hall–Kier alpha value is -4.75. The number of rotatable bonds is 10. The third-order valence-corrected chi connectivity index (χ3v) is 9.51. The second-order valence-corrected chi connectivity index (χ2v) is 12.4. The van der Waals surface area contributed by atoms with Gasteiger partial charge in [0.05, 0.1) is 11.4 Å². The van der Waals surface area contributed by atoms with Gasteiger partial charge in [-0.3, -0.25) is 0 Å². The number of allylic oxidation sites excluding steroid dienone is 22. The third-order valence-electron chi connectivity index (χ3n) is 9.51. The molecule has 0 saturated heterocycles. The number of nitrogens with zero attached hydrogens (tertiary/aromatic N) is 1. The van der Waals surface area contributed by atoms with Crippen molar-refractivity contribution in [2.24, 2.45) is 11.8 Å². The van der Waals surface area contributed by atoms with Crippen LogP contribution in [-0.2, 0) is 0 Å². The molecule has 0 aliphatic heterocycles. The summed E-state index contributed by atoms with van der Waals surface area (Å²) in [6, 6.07) is 15.4. The molecule has 2 aromatic rings. The molecule has 1 aromatic heterocycles. The van der Waals surface area contributed by atoms with Gasteiger partial charge >= 0.3 is 0 Å². The van der Waals surface area contributed by atoms with E-state index in [1.165, 1.54) is 44.6 Å². The minimum atomic E-state index is 0.165. The summed E-state index contributed by atoms with van der Waals surface area (Å²) in [4.78, 5) is 5.05. The van der Waals surface area contributed by atoms with E-state index in [9.17, 15) is 0 Å². The Morgan fingerprint density at radius 1 is 0.848 bits per heavy atom. The first-order chi connectivity index (χ1) is 22.7. The van der Waals surface area contributed by atoms with E-state index in [0.717, 1.165) is 61.9 Å². The second kappa shape index (κ2) is 15.0. The van der Waals surface area contributed by atoms with Gasteiger partial charge in [0.15, 0.2) is 0 Å². The van der Waals surface area contributed by atoms with Crippen LogP contribution in [0.2, 0.25) is 0 Å². The fraction of sp³-hybridized carbons (Fsp3) is 0.222. The van der Waals surface area contributed by atoms with Gasteiger partial charge in [-0.2, -0.15) is 0 Å². The highest BCUT2D eigenvalue weighted by molar-refractivity contribution is 5.78. The zero-order valence-corrected chi connectivity index (χ0v) is 27.2. The zero-order valence-electron chi connectivity index (χ0n) is 27.2. The monoisotopic (exact) mass is 599 g/mol. The van der Waals surface area contributed by atoms with E-state index in [2.05, 4.69) is 141 Å². The number of benzene rings is 1. The standard InChI is InChI=1S/C45H45N/c1-4-6-23-40(39-22-15-17-34(5-2)32-39)33(3)41-24-13-14-25-42(41)45(37-20-11-8-12-21-37)38-30-28-36(29-31-38)44-27-16-26-43(46-44)35-18-9-7-10-19-35/h4,8-9,11-20,22,24-31,41-42H,1,3,5-7,10,21,23,32H2,2H3/b40-39+,45-37-. The largest absolute Gasteiger partial charge is 0.248 e. The Labute approximate surface area is 276 Å². The van der Waals surface area contributed by atoms with Crippen molar-refractivity contribution in [1.82, 2.24) is 4.98 Å². The molecular weight excluding hydrogens is 555 g/mol. The number of pyridine rings is 1. The van der Waals surface area contributed by atoms with Gasteiger partial charge in [-0.15, -0.1) is 6.58 Å². The summed E-state index contributed by atoms with van der Waals surface area (Å²) in [5, 5.41) is 0. The average Bonchev–Trinajstić information content (AvgIpc) is 3.13. The second-order valence-electron chi connectivity index (χ2n) is 12.4. The van der Waals surface area contributed by atoms with Gasteiger partial charge in [0, 0.05) is 17.4 Å². The summed E-state index contributed by atoms with van der Waals surface area (Å²) in [7, 11) is 0. The van der Waals surface area contributed by atoms with Gasteiger partial charge in [-0.25, -0.2) is 4.98 Å². The Balaban J connectivity index is 1.36. The predicted octanol–water partition coefficient (Wildman–Crippen LogP) is 12.2. The fourth-order valence-corrected chi connectivity index (χ4v) is 6.99. The van der Waals surface area contributed by atoms with E-state index in [1.54, 1.807) is 0 Å². The van der Waals surface area contributed by atoms with Crippen LogP contribution in [0.25, 0.3) is 22.4 Å². The molecule has 2 unspecified atom stereocenters. The molecule has 0 radical (unpaired) electrons. The summed E-state index contributed by atoms with van der Waals surface area (Å²) in [6.07, 6.45) is 40.7. The molecule has 0 spiro atoms. The molecule has 0 N–H and O–H groups in total. The maximum absolute atomic E-state index is 5.05. The van der Waals surface area contributed by atoms with Crippen LogP contribution in [0.15, 0.2) is 175 Å². The quantitative estimate of drug-likeness (QED) is 0.248. The van der Waals surface area contributed by atoms with Crippen molar-refractivity contribution < 1.29 is 0 Å². The molecular formula is C45H45N. The molecule has 0 bridgehead atoms. The molecule has 6 rings (SSSR count). The summed E-state index contributed by atoms with van der Waals surface area (Å²) in [5.41, 5.74) is 13.9. The maximum atomic E-state index is 5.05. The smallest absolute Gasteiger partial charge is 0.0709 e. The fourth-order valence-electron chi connectivity index (χ4n) is 6.99. The van der Waals surface area contributed by atoms with E-state index < -0.39 is 0 Å². The lowest BCUT2D eigenvalue weighted by Crippen LogP contribution is -2.19. The van der Waals surface area contributed by atoms with Crippen LogP contribution in [0.3, 0.4) is 0 Å². The van der Waals surface area contributed by atoms with Crippen LogP contribution in [-0.4, -0.2) is 4.98 Å². The minimum absolute atomic E-state index is 0.165. The van der Waals surface area contributed by atoms with E-state index in [-0.39, 0.29) is 11.8 Å². The van der Waals surface area contributed by atoms with Crippen molar-refractivity contribution in [1.29, 1.82) is 0 Å². The Kier molecular flexibility index (Phi) is 10.2. The highest BCUT2D eigenvalue weighted by atomic mass is 14.7. The van der Waals surface area contributed by atoms with E-state index in [1.807, 2.05) is 6.08 Å². The zero-order chi connectivity index (χ0) is 31.7. The van der Waals surface area contributed by atoms with Crippen LogP contribution in [0.5, 0.6) is 0 Å². The van der Waals surface area contributed by atoms with Crippen LogP contribution in [0, 0.1) is 11.8 Å². The lowest BCUT2D eigenvalue weighted by Gasteiger charge is -2.32. The first-order valence-corrected chi connectivity index (χ1v) is 16.9. The van der Waals surface area contributed by atoms with E-state index in [4.69, 9.17) is 11.6 Å². The first kappa shape index (κ1) is 31.2. The van der Waals surface area contributed by atoms with Crippen molar-refractivity contribution in [3.63, 3.8) is 0 Å². The Bertz CT molecular complexity index is 1780. The molecule has 4 aliphatic carbocycles. The molecule has 2 atom stereocenters. The molecule has 1 aromatic carbocycles. The van der Waals surface area contributed by atoms with Crippen molar-refractivity contribution in [3.8, 4) is 11.3 Å². The van der Waals surface area contributed by atoms with Crippen LogP contribution in [0.4, 0.5) is 0 Å². The van der Waals surface area contributed by atoms with Crippen molar-refractivity contribution >= 4 is 11.1 Å². The highest BCUT2D eigenvalue weighted by Crippen LogP contribution is 2.44. The molecule has 0 amide bonds. The molecule has 0 saturated carbocycles. The molecule has 230 valence electrons. The summed E-state index contributed by atoms with van der Waals surface area (Å²) in [6.45, 7) is 11.1.